The summed E-state index contributed by atoms with van der Waals surface area (Å²) < 4.78 is 23.4. The normalized spacial score (nSPS) is 27.0. The Hall–Kier alpha value is -3.59. The van der Waals surface area contributed by atoms with Gasteiger partial charge in [-0.3, -0.25) is 9.79 Å². The minimum Gasteiger partial charge on any atom is -0.501 e. The van der Waals surface area contributed by atoms with Crippen LogP contribution in [0.2, 0.25) is 0 Å². The van der Waals surface area contributed by atoms with Gasteiger partial charge in [0.1, 0.15) is 36.6 Å². The molecule has 6 atom stereocenters. The number of ether oxygens (including phenoxy) is 4. The number of aliphatic imine (C=N–C) groups is 1. The first-order valence-corrected chi connectivity index (χ1v) is 13.8. The number of fused-ring (bicyclic) bond motifs is 1. The van der Waals surface area contributed by atoms with Crippen molar-refractivity contribution < 1.29 is 23.7 Å². The molecule has 218 valence electrons. The number of rotatable bonds is 15. The highest BCUT2D eigenvalue weighted by Crippen LogP contribution is 2.47. The lowest BCUT2D eigenvalue weighted by Gasteiger charge is -2.39. The van der Waals surface area contributed by atoms with Crippen LogP contribution in [0, 0.1) is 29.1 Å². The summed E-state index contributed by atoms with van der Waals surface area (Å²) in [7, 11) is 3.34. The van der Waals surface area contributed by atoms with Crippen LogP contribution in [-0.4, -0.2) is 57.9 Å². The van der Waals surface area contributed by atoms with Gasteiger partial charge in [0, 0.05) is 37.6 Å². The molecule has 0 aromatic carbocycles. The second kappa shape index (κ2) is 14.7. The van der Waals surface area contributed by atoms with Crippen molar-refractivity contribution in [3.05, 3.63) is 71.2 Å². The van der Waals surface area contributed by atoms with Crippen LogP contribution in [0.1, 0.15) is 40.0 Å². The first-order chi connectivity index (χ1) is 19.2. The van der Waals surface area contributed by atoms with Crippen molar-refractivity contribution in [2.24, 2.45) is 34.4 Å². The van der Waals surface area contributed by atoms with Gasteiger partial charge in [-0.1, -0.05) is 19.6 Å². The van der Waals surface area contributed by atoms with E-state index in [2.05, 4.69) is 36.0 Å². The lowest BCUT2D eigenvalue weighted by molar-refractivity contribution is -0.121. The molecular weight excluding hydrogens is 508 g/mol. The first-order valence-electron chi connectivity index (χ1n) is 13.8. The Morgan fingerprint density at radius 2 is 2.05 bits per heavy atom. The quantitative estimate of drug-likeness (QED) is 0.202. The van der Waals surface area contributed by atoms with Crippen LogP contribution in [0.3, 0.4) is 0 Å². The minimum atomic E-state index is -0.252. The second-order valence-corrected chi connectivity index (χ2v) is 10.5. The molecule has 9 nitrogen and oxygen atoms in total. The average molecular weight is 553 g/mol. The van der Waals surface area contributed by atoms with Gasteiger partial charge in [0.15, 0.2) is 0 Å². The molecule has 0 saturated carbocycles. The summed E-state index contributed by atoms with van der Waals surface area (Å²) in [6.07, 6.45) is 14.2. The van der Waals surface area contributed by atoms with E-state index in [0.717, 1.165) is 41.4 Å². The monoisotopic (exact) mass is 552 g/mol. The summed E-state index contributed by atoms with van der Waals surface area (Å²) in [6, 6.07) is -0.252. The highest BCUT2D eigenvalue weighted by Gasteiger charge is 2.42. The van der Waals surface area contributed by atoms with E-state index in [9.17, 15) is 4.79 Å². The molecule has 9 heteroatoms. The molecule has 3 rings (SSSR count). The van der Waals surface area contributed by atoms with Crippen LogP contribution in [0.25, 0.3) is 0 Å². The highest BCUT2D eigenvalue weighted by molar-refractivity contribution is 5.79. The summed E-state index contributed by atoms with van der Waals surface area (Å²) in [5.74, 6) is 3.20. The molecule has 40 heavy (non-hydrogen) atoms. The van der Waals surface area contributed by atoms with Gasteiger partial charge in [0.05, 0.1) is 24.8 Å². The molecule has 1 amide bonds. The van der Waals surface area contributed by atoms with E-state index >= 15 is 0 Å². The van der Waals surface area contributed by atoms with Crippen LogP contribution in [0.15, 0.2) is 76.2 Å². The van der Waals surface area contributed by atoms with E-state index in [1.807, 2.05) is 13.0 Å². The number of nitrogens with zero attached hydrogens (tertiary/aromatic N) is 1. The van der Waals surface area contributed by atoms with Crippen molar-refractivity contribution in [2.75, 3.05) is 27.4 Å². The molecule has 4 N–H and O–H groups in total. The zero-order chi connectivity index (χ0) is 29.2. The van der Waals surface area contributed by atoms with Crippen molar-refractivity contribution in [3.8, 4) is 0 Å². The summed E-state index contributed by atoms with van der Waals surface area (Å²) in [5.41, 5.74) is 8.76. The van der Waals surface area contributed by atoms with Gasteiger partial charge in [0.2, 0.25) is 5.91 Å². The van der Waals surface area contributed by atoms with Gasteiger partial charge >= 0.3 is 0 Å². The van der Waals surface area contributed by atoms with E-state index in [-0.39, 0.29) is 49.0 Å². The Bertz CT molecular complexity index is 1130. The number of hydrogen-bond acceptors (Lipinski definition) is 8. The number of nitrogens with two attached hydrogens (primary N) is 1. The molecule has 3 aliphatic rings. The third-order valence-electron chi connectivity index (χ3n) is 7.75. The van der Waals surface area contributed by atoms with Crippen molar-refractivity contribution >= 4 is 18.3 Å². The topological polar surface area (TPSA) is 128 Å². The van der Waals surface area contributed by atoms with E-state index in [4.69, 9.17) is 30.1 Å². The summed E-state index contributed by atoms with van der Waals surface area (Å²) >= 11 is 0. The first kappa shape index (κ1) is 30.9. The second-order valence-electron chi connectivity index (χ2n) is 10.5. The predicted molar refractivity (Wildman–Crippen MR) is 157 cm³/mol. The van der Waals surface area contributed by atoms with Crippen LogP contribution < -0.4 is 11.1 Å². The molecule has 0 saturated heterocycles. The van der Waals surface area contributed by atoms with Gasteiger partial charge in [0.25, 0.3) is 0 Å². The number of allylic oxidation sites excluding steroid dienone is 6. The molecule has 0 heterocycles. The number of methoxy groups -OCH3 is 2. The Morgan fingerprint density at radius 1 is 1.27 bits per heavy atom. The van der Waals surface area contributed by atoms with Gasteiger partial charge in [-0.25, -0.2) is 0 Å². The van der Waals surface area contributed by atoms with Crippen LogP contribution in [0.5, 0.6) is 0 Å². The summed E-state index contributed by atoms with van der Waals surface area (Å²) in [6.45, 7) is 10.3. The third kappa shape index (κ3) is 7.75. The molecule has 0 radical (unpaired) electrons. The van der Waals surface area contributed by atoms with Crippen LogP contribution >= 0.6 is 0 Å². The minimum absolute atomic E-state index is 0.0373. The molecule has 0 aliphatic heterocycles. The smallest absolute Gasteiger partial charge is 0.220 e. The Balaban J connectivity index is 1.53. The van der Waals surface area contributed by atoms with Crippen molar-refractivity contribution in [3.63, 3.8) is 0 Å². The van der Waals surface area contributed by atoms with E-state index in [1.165, 1.54) is 6.21 Å². The Morgan fingerprint density at radius 3 is 2.73 bits per heavy atom. The highest BCUT2D eigenvalue weighted by atomic mass is 16.5. The fourth-order valence-electron chi connectivity index (χ4n) is 5.24. The largest absolute Gasteiger partial charge is 0.501 e. The maximum atomic E-state index is 12.1. The molecule has 3 aliphatic carbocycles. The van der Waals surface area contributed by atoms with Crippen LogP contribution in [-0.2, 0) is 23.7 Å². The van der Waals surface area contributed by atoms with E-state index in [0.29, 0.717) is 18.0 Å². The van der Waals surface area contributed by atoms with Crippen molar-refractivity contribution in [2.45, 2.75) is 52.2 Å². The molecule has 0 bridgehead atoms. The lowest BCUT2D eigenvalue weighted by Crippen LogP contribution is -2.34. The summed E-state index contributed by atoms with van der Waals surface area (Å²) in [5, 5.41) is 10.0. The molecule has 0 aromatic heterocycles. The zero-order valence-corrected chi connectivity index (χ0v) is 24.3. The third-order valence-corrected chi connectivity index (χ3v) is 7.75. The van der Waals surface area contributed by atoms with Gasteiger partial charge in [-0.05, 0) is 68.4 Å². The SMILES string of the molecule is C=C/C=C(/COC1=CC(N)=C(C)C2C=C(OC)[C@H]12)N=CCOC1=CC(C)C(CCC(=O)N[C@H](C)C=N)CC1OC. The number of amides is 1. The number of nitrogens with one attached hydrogen (secondary N) is 2. The zero-order valence-electron chi connectivity index (χ0n) is 24.3. The number of carbonyl (C=O) groups is 1. The number of carbonyl (C=O) groups excluding carboxylic acids is 1. The van der Waals surface area contributed by atoms with Gasteiger partial charge in [-0.15, -0.1) is 0 Å². The summed E-state index contributed by atoms with van der Waals surface area (Å²) in [4.78, 5) is 16.7. The standard InChI is InChI=1S/C31H44N4O5/c1-7-8-23(18-40-29-16-25(33)21(4)24-15-28(38-6)31(24)29)34-11-12-39-27-13-19(2)22(14-26(27)37-5)9-10-30(36)35-20(3)17-32/h7-8,11,13,15-17,19-20,22,24,26,31-32H,1,9-10,12,14,18,33H2,2-6H3,(H,35,36)/b23-8-,32-17?,34-11?/t19?,20-,22?,24?,26?,31-/m1/s1. The molecule has 0 spiro atoms. The molecule has 0 fully saturated rings. The Labute approximate surface area is 238 Å². The van der Waals surface area contributed by atoms with E-state index < -0.39 is 0 Å². The van der Waals surface area contributed by atoms with Gasteiger partial charge in [-0.2, -0.15) is 0 Å². The fourth-order valence-corrected chi connectivity index (χ4v) is 5.24. The van der Waals surface area contributed by atoms with Gasteiger partial charge < -0.3 is 35.4 Å². The van der Waals surface area contributed by atoms with Crippen LogP contribution in [0.4, 0.5) is 0 Å². The Kier molecular flexibility index (Phi) is 11.4. The molecule has 0 aromatic rings. The molecule has 4 unspecified atom stereocenters. The maximum absolute atomic E-state index is 12.1. The number of hydrogen-bond donors (Lipinski definition) is 3. The lowest BCUT2D eigenvalue weighted by atomic mass is 9.71. The molecular formula is C31H44N4O5. The van der Waals surface area contributed by atoms with Crippen molar-refractivity contribution in [1.82, 2.24) is 5.32 Å². The maximum Gasteiger partial charge on any atom is 0.220 e. The van der Waals surface area contributed by atoms with E-state index in [1.54, 1.807) is 39.5 Å². The van der Waals surface area contributed by atoms with Crippen molar-refractivity contribution in [1.29, 1.82) is 5.41 Å². The average Bonchev–Trinajstić information content (AvgIpc) is 2.91. The fraction of sp³-hybridized carbons (Fsp3) is 0.516. The predicted octanol–water partition coefficient (Wildman–Crippen LogP) is 4.56.